The van der Waals surface area contributed by atoms with Crippen LogP contribution >= 0.6 is 0 Å². The summed E-state index contributed by atoms with van der Waals surface area (Å²) < 4.78 is 63.0. The first-order chi connectivity index (χ1) is 20.7. The highest BCUT2D eigenvalue weighted by atomic mass is 32.2. The van der Waals surface area contributed by atoms with Gasteiger partial charge >= 0.3 is 15.5 Å². The van der Waals surface area contributed by atoms with Crippen LogP contribution in [0, 0.1) is 11.8 Å². The van der Waals surface area contributed by atoms with E-state index in [1.54, 1.807) is 36.4 Å². The summed E-state index contributed by atoms with van der Waals surface area (Å²) in [6, 6.07) is 19.5. The van der Waals surface area contributed by atoms with Crippen LogP contribution in [0.5, 0.6) is 0 Å². The van der Waals surface area contributed by atoms with E-state index in [2.05, 4.69) is 49.9 Å². The molecule has 0 unspecified atom stereocenters. The van der Waals surface area contributed by atoms with Crippen molar-refractivity contribution in [2.45, 2.75) is 102 Å². The van der Waals surface area contributed by atoms with Crippen LogP contribution in [-0.2, 0) is 22.9 Å². The molecule has 2 aliphatic carbocycles. The molecule has 0 aromatic heterocycles. The highest BCUT2D eigenvalue weighted by Gasteiger charge is 2.49. The first-order valence-corrected chi connectivity index (χ1v) is 17.5. The maximum atomic E-state index is 12.9. The second-order valence-electron chi connectivity index (χ2n) is 11.6. The van der Waals surface area contributed by atoms with Gasteiger partial charge in [0.1, 0.15) is 0 Å². The summed E-state index contributed by atoms with van der Waals surface area (Å²) in [6.45, 7) is 5.52. The third kappa shape index (κ3) is 14.8. The molecule has 7 heteroatoms. The molecule has 43 heavy (non-hydrogen) atoms. The Balaban J connectivity index is 0.000000289. The van der Waals surface area contributed by atoms with Gasteiger partial charge in [-0.05, 0) is 55.1 Å². The highest BCUT2D eigenvalue weighted by molar-refractivity contribution is 7.90. The second-order valence-corrected chi connectivity index (χ2v) is 13.6. The fourth-order valence-electron chi connectivity index (χ4n) is 5.64. The van der Waals surface area contributed by atoms with E-state index in [1.807, 2.05) is 6.08 Å². The highest BCUT2D eigenvalue weighted by Crippen LogP contribution is 2.28. The lowest BCUT2D eigenvalue weighted by Crippen LogP contribution is -2.41. The number of nitrogens with zero attached hydrogens (tertiary/aromatic N) is 1. The molecule has 2 fully saturated rings. The standard InChI is InChI=1S/C18H24F3NO2S.C9H16.C9H12/c19-18(20,21)25(23,24)22(15-13-17-10-5-2-6-11-17)14-7-12-16-8-3-1-4-9-16;2*1-2-6-9-7-4-3-5-8-9/h2,5-7,10-12,16H,1,3-4,8-9,13-15H2;2,9H,1,3-8H2;3-5,7-8H,2,6H2,1H3/b12-7+;;. The zero-order valence-electron chi connectivity index (χ0n) is 26.0. The van der Waals surface area contributed by atoms with Gasteiger partial charge < -0.3 is 0 Å². The molecule has 0 aliphatic heterocycles. The van der Waals surface area contributed by atoms with Crippen molar-refractivity contribution in [1.29, 1.82) is 0 Å². The first kappa shape index (κ1) is 36.8. The molecule has 2 aromatic carbocycles. The fraction of sp³-hybridized carbons (Fsp3) is 0.556. The largest absolute Gasteiger partial charge is 0.511 e. The normalized spacial score (nSPS) is 16.7. The topological polar surface area (TPSA) is 37.4 Å². The van der Waals surface area contributed by atoms with E-state index in [0.29, 0.717) is 10.2 Å². The molecule has 0 amide bonds. The number of hydrogen-bond donors (Lipinski definition) is 0. The third-order valence-electron chi connectivity index (χ3n) is 8.10. The Kier molecular flexibility index (Phi) is 17.6. The monoisotopic (exact) mass is 619 g/mol. The molecule has 2 aromatic rings. The summed E-state index contributed by atoms with van der Waals surface area (Å²) in [5.41, 5.74) is -3.02. The van der Waals surface area contributed by atoms with Crippen LogP contribution in [0.1, 0.15) is 95.1 Å². The Bertz CT molecular complexity index is 1120. The summed E-state index contributed by atoms with van der Waals surface area (Å²) in [6.07, 6.45) is 22.2. The molecule has 2 saturated carbocycles. The molecule has 0 radical (unpaired) electrons. The zero-order valence-corrected chi connectivity index (χ0v) is 26.8. The Morgan fingerprint density at radius 2 is 1.33 bits per heavy atom. The average molecular weight is 620 g/mol. The van der Waals surface area contributed by atoms with Crippen molar-refractivity contribution in [2.24, 2.45) is 11.8 Å². The van der Waals surface area contributed by atoms with E-state index in [0.717, 1.165) is 37.2 Å². The van der Waals surface area contributed by atoms with E-state index < -0.39 is 15.5 Å². The lowest BCUT2D eigenvalue weighted by atomic mass is 9.87. The van der Waals surface area contributed by atoms with Gasteiger partial charge in [-0.2, -0.15) is 17.5 Å². The molecule has 0 saturated heterocycles. The van der Waals surface area contributed by atoms with Crippen LogP contribution in [0.2, 0.25) is 0 Å². The molecule has 0 bridgehead atoms. The Hall–Kier alpha value is -2.38. The van der Waals surface area contributed by atoms with Crippen LogP contribution in [0.15, 0.2) is 85.5 Å². The van der Waals surface area contributed by atoms with Crippen molar-refractivity contribution in [3.63, 3.8) is 0 Å². The number of alkyl halides is 3. The quantitative estimate of drug-likeness (QED) is 0.235. The number of halogens is 3. The molecule has 0 atom stereocenters. The summed E-state index contributed by atoms with van der Waals surface area (Å²) >= 11 is 0. The van der Waals surface area contributed by atoms with Crippen molar-refractivity contribution in [3.05, 3.63) is 96.6 Å². The minimum atomic E-state index is -5.33. The molecule has 0 spiro atoms. The molecule has 0 N–H and O–H groups in total. The fourth-order valence-corrected chi connectivity index (χ4v) is 6.55. The number of allylic oxidation sites excluding steroid dienone is 2. The average Bonchev–Trinajstić information content (AvgIpc) is 3.01. The van der Waals surface area contributed by atoms with Crippen molar-refractivity contribution in [1.82, 2.24) is 4.31 Å². The van der Waals surface area contributed by atoms with E-state index >= 15 is 0 Å². The van der Waals surface area contributed by atoms with Crippen LogP contribution in [-0.4, -0.2) is 31.3 Å². The second kappa shape index (κ2) is 20.6. The van der Waals surface area contributed by atoms with E-state index in [-0.39, 0.29) is 19.5 Å². The van der Waals surface area contributed by atoms with Crippen LogP contribution in [0.3, 0.4) is 0 Å². The Morgan fingerprint density at radius 1 is 0.814 bits per heavy atom. The number of rotatable bonds is 11. The predicted octanol–water partition coefficient (Wildman–Crippen LogP) is 10.3. The predicted molar refractivity (Wildman–Crippen MR) is 174 cm³/mol. The van der Waals surface area contributed by atoms with Gasteiger partial charge in [0.05, 0.1) is 0 Å². The van der Waals surface area contributed by atoms with Crippen molar-refractivity contribution >= 4 is 10.0 Å². The van der Waals surface area contributed by atoms with E-state index in [9.17, 15) is 21.6 Å². The zero-order chi connectivity index (χ0) is 31.4. The van der Waals surface area contributed by atoms with Gasteiger partial charge in [0, 0.05) is 13.1 Å². The lowest BCUT2D eigenvalue weighted by Gasteiger charge is -2.23. The number of sulfonamides is 1. The minimum absolute atomic E-state index is 0.194. The third-order valence-corrected chi connectivity index (χ3v) is 9.69. The van der Waals surface area contributed by atoms with Gasteiger partial charge in [0.15, 0.2) is 0 Å². The molecule has 4 rings (SSSR count). The van der Waals surface area contributed by atoms with E-state index in [4.69, 9.17) is 0 Å². The maximum absolute atomic E-state index is 12.9. The summed E-state index contributed by atoms with van der Waals surface area (Å²) in [7, 11) is -5.33. The Labute approximate surface area is 259 Å². The minimum Gasteiger partial charge on any atom is -0.203 e. The molecule has 3 nitrogen and oxygen atoms in total. The lowest BCUT2D eigenvalue weighted by molar-refractivity contribution is -0.0486. The molecular weight excluding hydrogens is 567 g/mol. The summed E-state index contributed by atoms with van der Waals surface area (Å²) in [4.78, 5) is 0. The number of benzene rings is 2. The van der Waals surface area contributed by atoms with Gasteiger partial charge in [-0.15, -0.1) is 6.58 Å². The van der Waals surface area contributed by atoms with Crippen molar-refractivity contribution in [3.8, 4) is 0 Å². The van der Waals surface area contributed by atoms with Gasteiger partial charge in [-0.25, -0.2) is 8.42 Å². The van der Waals surface area contributed by atoms with Gasteiger partial charge in [0.25, 0.3) is 0 Å². The van der Waals surface area contributed by atoms with Crippen molar-refractivity contribution < 1.29 is 21.6 Å². The smallest absolute Gasteiger partial charge is 0.203 e. The number of hydrogen-bond acceptors (Lipinski definition) is 2. The number of aryl methyl sites for hydroxylation is 1. The summed E-state index contributed by atoms with van der Waals surface area (Å²) in [5.74, 6) is 1.33. The van der Waals surface area contributed by atoms with Gasteiger partial charge in [-0.1, -0.05) is 144 Å². The molecule has 240 valence electrons. The van der Waals surface area contributed by atoms with E-state index in [1.165, 1.54) is 63.4 Å². The molecule has 2 aliphatic rings. The first-order valence-electron chi connectivity index (χ1n) is 16.1. The van der Waals surface area contributed by atoms with Crippen LogP contribution < -0.4 is 0 Å². The maximum Gasteiger partial charge on any atom is 0.511 e. The van der Waals surface area contributed by atoms with Crippen LogP contribution in [0.4, 0.5) is 13.2 Å². The van der Waals surface area contributed by atoms with Gasteiger partial charge in [0.2, 0.25) is 0 Å². The summed E-state index contributed by atoms with van der Waals surface area (Å²) in [5, 5.41) is 0. The van der Waals surface area contributed by atoms with Crippen molar-refractivity contribution in [2.75, 3.05) is 13.1 Å². The SMILES string of the molecule is C=CCC1CCCCC1.CCCc1ccccc1.O=S(=O)(N(C/C=C/C1CCCCC1)CCc1ccccc1)C(F)(F)F. The molecule has 0 heterocycles. The van der Waals surface area contributed by atoms with Gasteiger partial charge in [-0.3, -0.25) is 0 Å². The Morgan fingerprint density at radius 3 is 1.81 bits per heavy atom. The molecular formula is C36H52F3NO2S. The van der Waals surface area contributed by atoms with Crippen LogP contribution in [0.25, 0.3) is 0 Å².